The normalized spacial score (nSPS) is 11.8. The number of benzene rings is 1. The van der Waals surface area contributed by atoms with E-state index >= 15 is 0 Å². The third kappa shape index (κ3) is 12.0. The van der Waals surface area contributed by atoms with Crippen LogP contribution < -0.4 is 15.5 Å². The summed E-state index contributed by atoms with van der Waals surface area (Å²) in [6.45, 7) is 5.24. The smallest absolute Gasteiger partial charge is 0.303 e. The van der Waals surface area contributed by atoms with Crippen LogP contribution in [-0.4, -0.2) is 87.2 Å². The summed E-state index contributed by atoms with van der Waals surface area (Å²) < 4.78 is 21.0. The van der Waals surface area contributed by atoms with Crippen molar-refractivity contribution in [2.24, 2.45) is 0 Å². The van der Waals surface area contributed by atoms with Crippen LogP contribution in [0.2, 0.25) is 0 Å². The molecule has 238 valence electrons. The summed E-state index contributed by atoms with van der Waals surface area (Å²) in [6, 6.07) is -0.643. The molecule has 0 saturated heterocycles. The van der Waals surface area contributed by atoms with Crippen LogP contribution >= 0.6 is 67.8 Å². The molecule has 3 amide bonds. The molecule has 17 heteroatoms. The van der Waals surface area contributed by atoms with Crippen molar-refractivity contribution < 1.29 is 52.5 Å². The largest absolute Gasteiger partial charge is 0.466 e. The first-order chi connectivity index (χ1) is 20.0. The molecule has 0 saturated carbocycles. The minimum Gasteiger partial charge on any atom is -0.466 e. The molecule has 0 aromatic heterocycles. The van der Waals surface area contributed by atoms with Gasteiger partial charge in [-0.15, -0.1) is 0 Å². The molecule has 0 bridgehead atoms. The maximum absolute atomic E-state index is 13.6. The number of nitrogens with one attached hydrogen (secondary N) is 2. The number of nitrogens with zero attached hydrogens (tertiary/aromatic N) is 1. The lowest BCUT2D eigenvalue weighted by molar-refractivity contribution is -0.155. The lowest BCUT2D eigenvalue weighted by Crippen LogP contribution is -2.44. The maximum atomic E-state index is 13.6. The van der Waals surface area contributed by atoms with Crippen LogP contribution in [-0.2, 0) is 42.9 Å². The van der Waals surface area contributed by atoms with Gasteiger partial charge in [-0.1, -0.05) is 0 Å². The second kappa shape index (κ2) is 18.5. The molecule has 0 aliphatic rings. The summed E-state index contributed by atoms with van der Waals surface area (Å²) in [4.78, 5) is 87.1. The predicted molar refractivity (Wildman–Crippen MR) is 177 cm³/mol. The number of carbonyl (C=O) groups is 7. The lowest BCUT2D eigenvalue weighted by Gasteiger charge is -2.32. The number of esters is 4. The van der Waals surface area contributed by atoms with Crippen molar-refractivity contribution in [3.63, 3.8) is 0 Å². The van der Waals surface area contributed by atoms with Crippen molar-refractivity contribution in [2.45, 2.75) is 53.2 Å². The van der Waals surface area contributed by atoms with Crippen LogP contribution in [0.15, 0.2) is 0 Å². The maximum Gasteiger partial charge on any atom is 0.303 e. The van der Waals surface area contributed by atoms with E-state index in [0.717, 1.165) is 6.92 Å². The van der Waals surface area contributed by atoms with Gasteiger partial charge in [-0.3, -0.25) is 33.6 Å². The van der Waals surface area contributed by atoms with Gasteiger partial charge in [0.15, 0.2) is 12.7 Å². The van der Waals surface area contributed by atoms with E-state index < -0.39 is 60.4 Å². The van der Waals surface area contributed by atoms with Crippen LogP contribution in [0.3, 0.4) is 0 Å². The van der Waals surface area contributed by atoms with Crippen molar-refractivity contribution in [3.05, 3.63) is 21.8 Å². The van der Waals surface area contributed by atoms with Crippen LogP contribution in [0, 0.1) is 10.7 Å². The molecule has 0 aliphatic carbocycles. The average molecular weight is 943 g/mol. The Morgan fingerprint density at radius 3 is 1.79 bits per heavy atom. The van der Waals surface area contributed by atoms with Crippen molar-refractivity contribution in [1.82, 2.24) is 10.6 Å². The fourth-order valence-corrected chi connectivity index (χ4v) is 8.25. The summed E-state index contributed by atoms with van der Waals surface area (Å²) in [5.74, 6) is -4.30. The molecule has 0 heterocycles. The number of rotatable bonds is 14. The van der Waals surface area contributed by atoms with Crippen molar-refractivity contribution in [3.8, 4) is 0 Å². The zero-order valence-corrected chi connectivity index (χ0v) is 30.7. The van der Waals surface area contributed by atoms with Crippen LogP contribution in [0.4, 0.5) is 5.69 Å². The highest BCUT2D eigenvalue weighted by Crippen LogP contribution is 2.39. The molecule has 1 aromatic carbocycles. The molecular formula is C26H32I3N3O11. The van der Waals surface area contributed by atoms with E-state index in [1.54, 1.807) is 6.92 Å². The number of ether oxygens (including phenoxy) is 4. The summed E-state index contributed by atoms with van der Waals surface area (Å²) in [7, 11) is 1.41. The highest BCUT2D eigenvalue weighted by molar-refractivity contribution is 14.1. The van der Waals surface area contributed by atoms with E-state index in [0.29, 0.717) is 3.57 Å². The minimum atomic E-state index is -0.995. The van der Waals surface area contributed by atoms with E-state index in [-0.39, 0.29) is 50.1 Å². The first kappa shape index (κ1) is 38.7. The third-order valence-electron chi connectivity index (χ3n) is 5.46. The monoisotopic (exact) mass is 943 g/mol. The first-order valence-corrected chi connectivity index (χ1v) is 15.9. The standard InChI is InChI=1S/C26H32I3N3O11/c1-12(7-8-40-13(2)33)32(18(37)11-42-15(4)35)24-22(28)19(25(38)30-6)21(27)20(23(24)29)26(39)31-9-17(43-16(5)36)10-41-14(3)34/h12,17H,7-11H2,1-6H3,(H,30,38)(H,31,39). The fourth-order valence-electron chi connectivity index (χ4n) is 3.59. The van der Waals surface area contributed by atoms with Crippen LogP contribution in [0.5, 0.6) is 0 Å². The van der Waals surface area contributed by atoms with Gasteiger partial charge >= 0.3 is 23.9 Å². The SMILES string of the molecule is CNC(=O)c1c(I)c(C(=O)NCC(COC(C)=O)OC(C)=O)c(I)c(N(C(=O)COC(C)=O)C(C)CCOC(C)=O)c1I. The van der Waals surface area contributed by atoms with Crippen LogP contribution in [0.1, 0.15) is 61.8 Å². The number of halogens is 3. The Hall–Kier alpha value is -2.30. The van der Waals surface area contributed by atoms with Crippen molar-refractivity contribution in [2.75, 3.05) is 38.3 Å². The van der Waals surface area contributed by atoms with E-state index in [9.17, 15) is 33.6 Å². The molecule has 1 rings (SSSR count). The molecular weight excluding hydrogens is 911 g/mol. The molecule has 0 radical (unpaired) electrons. The highest BCUT2D eigenvalue weighted by Gasteiger charge is 2.34. The summed E-state index contributed by atoms with van der Waals surface area (Å²) in [6.07, 6.45) is -0.814. The number of amides is 3. The molecule has 0 fully saturated rings. The Morgan fingerprint density at radius 2 is 1.30 bits per heavy atom. The second-order valence-electron chi connectivity index (χ2n) is 8.89. The van der Waals surface area contributed by atoms with Gasteiger partial charge < -0.3 is 34.5 Å². The Kier molecular flexibility index (Phi) is 16.7. The summed E-state index contributed by atoms with van der Waals surface area (Å²) in [5, 5.41) is 5.18. The molecule has 43 heavy (non-hydrogen) atoms. The molecule has 2 unspecified atom stereocenters. The van der Waals surface area contributed by atoms with Gasteiger partial charge in [0.05, 0.1) is 37.1 Å². The minimum absolute atomic E-state index is 0.0269. The Labute approximate surface area is 289 Å². The van der Waals surface area contributed by atoms with E-state index in [2.05, 4.69) is 10.6 Å². The molecule has 0 spiro atoms. The Balaban J connectivity index is 3.75. The van der Waals surface area contributed by atoms with Gasteiger partial charge in [-0.25, -0.2) is 0 Å². The second-order valence-corrected chi connectivity index (χ2v) is 12.1. The zero-order valence-electron chi connectivity index (χ0n) is 24.3. The Bertz CT molecular complexity index is 1270. The van der Waals surface area contributed by atoms with E-state index in [4.69, 9.17) is 18.9 Å². The van der Waals surface area contributed by atoms with Gasteiger partial charge in [-0.2, -0.15) is 0 Å². The topological polar surface area (TPSA) is 184 Å². The van der Waals surface area contributed by atoms with E-state index in [1.165, 1.54) is 32.7 Å². The summed E-state index contributed by atoms with van der Waals surface area (Å²) >= 11 is 5.66. The van der Waals surface area contributed by atoms with Crippen molar-refractivity contribution >= 4 is 115 Å². The number of hydrogen-bond acceptors (Lipinski definition) is 11. The average Bonchev–Trinajstić information content (AvgIpc) is 2.90. The van der Waals surface area contributed by atoms with Gasteiger partial charge in [0.25, 0.3) is 17.7 Å². The predicted octanol–water partition coefficient (Wildman–Crippen LogP) is 2.32. The van der Waals surface area contributed by atoms with Gasteiger partial charge in [0.1, 0.15) is 6.61 Å². The molecule has 2 atom stereocenters. The van der Waals surface area contributed by atoms with Gasteiger partial charge in [-0.05, 0) is 74.7 Å². The molecule has 0 aliphatic heterocycles. The summed E-state index contributed by atoms with van der Waals surface area (Å²) in [5.41, 5.74) is 0.356. The number of anilines is 1. The highest BCUT2D eigenvalue weighted by atomic mass is 127. The number of hydrogen-bond donors (Lipinski definition) is 2. The molecule has 14 nitrogen and oxygen atoms in total. The van der Waals surface area contributed by atoms with Gasteiger partial charge in [0.2, 0.25) is 0 Å². The van der Waals surface area contributed by atoms with Gasteiger partial charge in [0, 0.05) is 50.8 Å². The molecule has 2 N–H and O–H groups in total. The number of carbonyl (C=O) groups excluding carboxylic acids is 7. The fraction of sp³-hybridized carbons (Fsp3) is 0.500. The quantitative estimate of drug-likeness (QED) is 0.159. The van der Waals surface area contributed by atoms with E-state index in [1.807, 2.05) is 67.8 Å². The third-order valence-corrected chi connectivity index (χ3v) is 8.64. The van der Waals surface area contributed by atoms with Crippen LogP contribution in [0.25, 0.3) is 0 Å². The zero-order chi connectivity index (χ0) is 33.0. The first-order valence-electron chi connectivity index (χ1n) is 12.6. The van der Waals surface area contributed by atoms with Crippen molar-refractivity contribution in [1.29, 1.82) is 0 Å². The lowest BCUT2D eigenvalue weighted by atomic mass is 10.0. The molecule has 1 aromatic rings. The Morgan fingerprint density at radius 1 is 0.767 bits per heavy atom.